The van der Waals surface area contributed by atoms with E-state index in [4.69, 9.17) is 0 Å². The van der Waals surface area contributed by atoms with Gasteiger partial charge in [0.05, 0.1) is 11.0 Å². The van der Waals surface area contributed by atoms with Crippen LogP contribution in [0, 0.1) is 0 Å². The Labute approximate surface area is 139 Å². The molecule has 3 aromatic rings. The zero-order valence-electron chi connectivity index (χ0n) is 11.4. The number of alkyl halides is 1. The summed E-state index contributed by atoms with van der Waals surface area (Å²) >= 11 is 7.40. The van der Waals surface area contributed by atoms with Crippen LogP contribution in [0.3, 0.4) is 0 Å². The minimum Gasteiger partial charge on any atom is -0.306 e. The fourth-order valence-electron chi connectivity index (χ4n) is 2.48. The Morgan fingerprint density at radius 3 is 2.33 bits per heavy atom. The Morgan fingerprint density at radius 2 is 1.67 bits per heavy atom. The van der Waals surface area contributed by atoms with E-state index >= 15 is 0 Å². The van der Waals surface area contributed by atoms with Gasteiger partial charge in [-0.3, -0.25) is 0 Å². The van der Waals surface area contributed by atoms with Crippen molar-refractivity contribution in [1.82, 2.24) is 9.97 Å². The van der Waals surface area contributed by atoms with E-state index in [-0.39, 0.29) is 10.5 Å². The normalized spacial score (nSPS) is 14.2. The second-order valence-electron chi connectivity index (χ2n) is 5.10. The van der Waals surface area contributed by atoms with Crippen LogP contribution in [-0.2, 0) is 0 Å². The van der Waals surface area contributed by atoms with Crippen LogP contribution in [-0.4, -0.2) is 9.97 Å². The van der Waals surface area contributed by atoms with E-state index in [1.165, 1.54) is 5.56 Å². The number of fused-ring (bicyclic) bond motifs is 1. The van der Waals surface area contributed by atoms with Crippen LogP contribution in [0.1, 0.15) is 28.8 Å². The van der Waals surface area contributed by atoms with E-state index in [9.17, 15) is 4.79 Å². The average Bonchev–Trinajstić information content (AvgIpc) is 2.85. The summed E-state index contributed by atoms with van der Waals surface area (Å²) in [4.78, 5) is 17.1. The second-order valence-corrected chi connectivity index (χ2v) is 6.94. The Hall–Kier alpha value is -1.33. The molecule has 2 unspecified atom stereocenters. The quantitative estimate of drug-likeness (QED) is 0.596. The van der Waals surface area contributed by atoms with Crippen LogP contribution in [0.5, 0.6) is 0 Å². The van der Waals surface area contributed by atoms with Gasteiger partial charge in [0, 0.05) is 9.30 Å². The van der Waals surface area contributed by atoms with E-state index in [0.29, 0.717) is 5.92 Å². The maximum atomic E-state index is 11.4. The average molecular weight is 410 g/mol. The summed E-state index contributed by atoms with van der Waals surface area (Å²) in [6.07, 6.45) is 0. The van der Waals surface area contributed by atoms with Crippen LogP contribution >= 0.6 is 31.9 Å². The van der Waals surface area contributed by atoms with Gasteiger partial charge in [0.1, 0.15) is 0 Å². The van der Waals surface area contributed by atoms with Gasteiger partial charge in [-0.05, 0) is 29.2 Å². The third kappa shape index (κ3) is 2.85. The Bertz CT molecular complexity index is 823. The molecule has 2 aromatic carbocycles. The molecule has 2 atom stereocenters. The lowest BCUT2D eigenvalue weighted by molar-refractivity contribution is 0.750. The molecule has 0 aliphatic carbocycles. The molecule has 108 valence electrons. The van der Waals surface area contributed by atoms with Crippen molar-refractivity contribution in [1.29, 1.82) is 0 Å². The van der Waals surface area contributed by atoms with Gasteiger partial charge < -0.3 is 9.97 Å². The van der Waals surface area contributed by atoms with Crippen LogP contribution in [0.25, 0.3) is 11.0 Å². The molecule has 21 heavy (non-hydrogen) atoms. The first kappa shape index (κ1) is 14.6. The molecule has 5 heteroatoms. The fraction of sp³-hybridized carbons (Fsp3) is 0.188. The first-order chi connectivity index (χ1) is 10.1. The van der Waals surface area contributed by atoms with E-state index in [1.807, 2.05) is 30.3 Å². The first-order valence-corrected chi connectivity index (χ1v) is 8.37. The summed E-state index contributed by atoms with van der Waals surface area (Å²) < 4.78 is 0.981. The maximum Gasteiger partial charge on any atom is 0.323 e. The molecular weight excluding hydrogens is 396 g/mol. The molecule has 1 aromatic heterocycles. The molecule has 0 radical (unpaired) electrons. The standard InChI is InChI=1S/C16H14Br2N2O/c1-9(10-5-3-2-4-6-10)15(18)11-7-13-14(8-12(11)17)20-16(21)19-13/h2-9,15H,1H3,(H2,19,20,21). The molecule has 0 spiro atoms. The molecule has 2 N–H and O–H groups in total. The largest absolute Gasteiger partial charge is 0.323 e. The van der Waals surface area contributed by atoms with Crippen molar-refractivity contribution in [3.05, 3.63) is 68.5 Å². The molecule has 0 bridgehead atoms. The first-order valence-electron chi connectivity index (χ1n) is 6.66. The number of hydrogen-bond donors (Lipinski definition) is 2. The van der Waals surface area contributed by atoms with Crippen LogP contribution in [0.2, 0.25) is 0 Å². The van der Waals surface area contributed by atoms with Gasteiger partial charge in [-0.2, -0.15) is 0 Å². The molecule has 0 amide bonds. The zero-order chi connectivity index (χ0) is 15.0. The number of halogens is 2. The summed E-state index contributed by atoms with van der Waals surface area (Å²) in [5, 5.41) is 0. The molecule has 1 heterocycles. The summed E-state index contributed by atoms with van der Waals surface area (Å²) in [6, 6.07) is 14.3. The van der Waals surface area contributed by atoms with E-state index in [1.54, 1.807) is 0 Å². The third-order valence-electron chi connectivity index (χ3n) is 3.69. The van der Waals surface area contributed by atoms with Gasteiger partial charge in [-0.25, -0.2) is 4.79 Å². The van der Waals surface area contributed by atoms with Gasteiger partial charge in [0.2, 0.25) is 0 Å². The highest BCUT2D eigenvalue weighted by atomic mass is 79.9. The fourth-order valence-corrected chi connectivity index (χ4v) is 4.06. The predicted molar refractivity (Wildman–Crippen MR) is 93.1 cm³/mol. The summed E-state index contributed by atoms with van der Waals surface area (Å²) in [5.41, 5.74) is 3.84. The highest BCUT2D eigenvalue weighted by Gasteiger charge is 2.21. The van der Waals surface area contributed by atoms with E-state index in [2.05, 4.69) is 60.9 Å². The van der Waals surface area contributed by atoms with Crippen molar-refractivity contribution in [3.8, 4) is 0 Å². The molecule has 0 aliphatic heterocycles. The van der Waals surface area contributed by atoms with Crippen molar-refractivity contribution in [2.45, 2.75) is 17.7 Å². The number of hydrogen-bond acceptors (Lipinski definition) is 1. The van der Waals surface area contributed by atoms with Gasteiger partial charge in [-0.15, -0.1) is 0 Å². The molecular formula is C16H14Br2N2O. The van der Waals surface area contributed by atoms with Gasteiger partial charge in [0.25, 0.3) is 0 Å². The minimum absolute atomic E-state index is 0.150. The van der Waals surface area contributed by atoms with E-state index < -0.39 is 0 Å². The molecule has 0 fully saturated rings. The van der Waals surface area contributed by atoms with Crippen molar-refractivity contribution in [3.63, 3.8) is 0 Å². The lowest BCUT2D eigenvalue weighted by Crippen LogP contribution is -2.03. The molecule has 0 saturated heterocycles. The summed E-state index contributed by atoms with van der Waals surface area (Å²) in [5.74, 6) is 0.311. The van der Waals surface area contributed by atoms with Crippen molar-refractivity contribution < 1.29 is 0 Å². The topological polar surface area (TPSA) is 48.6 Å². The molecule has 3 rings (SSSR count). The van der Waals surface area contributed by atoms with Crippen molar-refractivity contribution >= 4 is 42.9 Å². The third-order valence-corrected chi connectivity index (χ3v) is 5.67. The predicted octanol–water partition coefficient (Wildman–Crippen LogP) is 4.86. The Kier molecular flexibility index (Phi) is 4.04. The SMILES string of the molecule is CC(c1ccccc1)C(Br)c1cc2[nH]c(=O)[nH]c2cc1Br. The number of aromatic nitrogens is 2. The Balaban J connectivity index is 2.02. The van der Waals surface area contributed by atoms with Gasteiger partial charge in [-0.1, -0.05) is 69.1 Å². The molecule has 3 nitrogen and oxygen atoms in total. The number of nitrogens with one attached hydrogen (secondary N) is 2. The van der Waals surface area contributed by atoms with Crippen molar-refractivity contribution in [2.24, 2.45) is 0 Å². The number of benzene rings is 2. The second kappa shape index (κ2) is 5.81. The Morgan fingerprint density at radius 1 is 1.05 bits per heavy atom. The number of rotatable bonds is 3. The molecule has 0 aliphatic rings. The maximum absolute atomic E-state index is 11.4. The van der Waals surface area contributed by atoms with Gasteiger partial charge >= 0.3 is 5.69 Å². The monoisotopic (exact) mass is 408 g/mol. The smallest absolute Gasteiger partial charge is 0.306 e. The minimum atomic E-state index is -0.184. The number of aromatic amines is 2. The zero-order valence-corrected chi connectivity index (χ0v) is 14.5. The lowest BCUT2D eigenvalue weighted by atomic mass is 9.93. The van der Waals surface area contributed by atoms with Crippen molar-refractivity contribution in [2.75, 3.05) is 0 Å². The summed E-state index contributed by atoms with van der Waals surface area (Å²) in [7, 11) is 0. The highest BCUT2D eigenvalue weighted by Crippen LogP contribution is 2.41. The lowest BCUT2D eigenvalue weighted by Gasteiger charge is -2.20. The number of H-pyrrole nitrogens is 2. The van der Waals surface area contributed by atoms with Crippen LogP contribution < -0.4 is 5.69 Å². The molecule has 0 saturated carbocycles. The van der Waals surface area contributed by atoms with Crippen LogP contribution in [0.4, 0.5) is 0 Å². The van der Waals surface area contributed by atoms with Crippen LogP contribution in [0.15, 0.2) is 51.7 Å². The number of imidazole rings is 1. The van der Waals surface area contributed by atoms with Gasteiger partial charge in [0.15, 0.2) is 0 Å². The highest BCUT2D eigenvalue weighted by molar-refractivity contribution is 9.11. The van der Waals surface area contributed by atoms with E-state index in [0.717, 1.165) is 21.1 Å². The summed E-state index contributed by atoms with van der Waals surface area (Å²) in [6.45, 7) is 2.19.